The zero-order valence-electron chi connectivity index (χ0n) is 11.4. The van der Waals surface area contributed by atoms with Crippen molar-refractivity contribution in [2.75, 3.05) is 12.4 Å². The van der Waals surface area contributed by atoms with Gasteiger partial charge in [-0.25, -0.2) is 0 Å². The molecule has 20 heavy (non-hydrogen) atoms. The molecular formula is C12H16N4O4. The fourth-order valence-electron chi connectivity index (χ4n) is 1.46. The van der Waals surface area contributed by atoms with E-state index < -0.39 is 22.3 Å². The molecule has 1 aromatic rings. The Kier molecular flexibility index (Phi) is 4.28. The molecule has 0 saturated carbocycles. The van der Waals surface area contributed by atoms with E-state index in [-0.39, 0.29) is 11.3 Å². The Bertz CT molecular complexity index is 569. The fourth-order valence-corrected chi connectivity index (χ4v) is 1.46. The third kappa shape index (κ3) is 3.22. The van der Waals surface area contributed by atoms with Crippen molar-refractivity contribution in [2.24, 2.45) is 5.73 Å². The molecule has 0 fully saturated rings. The van der Waals surface area contributed by atoms with Crippen molar-refractivity contribution in [1.82, 2.24) is 5.32 Å². The van der Waals surface area contributed by atoms with Gasteiger partial charge in [-0.05, 0) is 19.9 Å². The monoisotopic (exact) mass is 280 g/mol. The molecule has 2 amide bonds. The molecule has 0 unspecified atom stereocenters. The van der Waals surface area contributed by atoms with Gasteiger partial charge in [0.15, 0.2) is 0 Å². The van der Waals surface area contributed by atoms with E-state index in [4.69, 9.17) is 5.73 Å². The highest BCUT2D eigenvalue weighted by molar-refractivity contribution is 6.03. The molecule has 0 spiro atoms. The van der Waals surface area contributed by atoms with E-state index in [0.29, 0.717) is 5.69 Å². The van der Waals surface area contributed by atoms with E-state index >= 15 is 0 Å². The van der Waals surface area contributed by atoms with Crippen molar-refractivity contribution in [2.45, 2.75) is 19.4 Å². The molecule has 0 bridgehead atoms. The third-order valence-electron chi connectivity index (χ3n) is 2.77. The summed E-state index contributed by atoms with van der Waals surface area (Å²) in [5.74, 6) is -1.33. The predicted octanol–water partition coefficient (Wildman–Crippen LogP) is 0.630. The van der Waals surface area contributed by atoms with Crippen molar-refractivity contribution in [3.05, 3.63) is 33.9 Å². The van der Waals surface area contributed by atoms with Crippen molar-refractivity contribution in [3.63, 3.8) is 0 Å². The molecule has 0 atom stereocenters. The quantitative estimate of drug-likeness (QED) is 0.538. The maximum atomic E-state index is 12.1. The van der Waals surface area contributed by atoms with Crippen LogP contribution in [0.25, 0.3) is 0 Å². The van der Waals surface area contributed by atoms with Gasteiger partial charge in [0.25, 0.3) is 11.6 Å². The second kappa shape index (κ2) is 5.55. The third-order valence-corrected chi connectivity index (χ3v) is 2.77. The molecule has 0 aliphatic heterocycles. The summed E-state index contributed by atoms with van der Waals surface area (Å²) in [4.78, 5) is 33.5. The summed E-state index contributed by atoms with van der Waals surface area (Å²) < 4.78 is 0. The summed E-state index contributed by atoms with van der Waals surface area (Å²) in [6.45, 7) is 2.90. The minimum Gasteiger partial charge on any atom is -0.387 e. The van der Waals surface area contributed by atoms with Gasteiger partial charge in [-0.1, -0.05) is 0 Å². The minimum absolute atomic E-state index is 0.0658. The van der Waals surface area contributed by atoms with Gasteiger partial charge in [0.05, 0.1) is 10.5 Å². The number of nitrogens with zero attached hydrogens (tertiary/aromatic N) is 1. The van der Waals surface area contributed by atoms with Crippen molar-refractivity contribution in [1.29, 1.82) is 0 Å². The number of nitro groups is 1. The van der Waals surface area contributed by atoms with Crippen LogP contribution in [-0.2, 0) is 4.79 Å². The predicted molar refractivity (Wildman–Crippen MR) is 73.4 cm³/mol. The van der Waals surface area contributed by atoms with Crippen LogP contribution in [0.5, 0.6) is 0 Å². The molecule has 0 aliphatic carbocycles. The first-order chi connectivity index (χ1) is 9.19. The van der Waals surface area contributed by atoms with Crippen LogP contribution in [-0.4, -0.2) is 29.3 Å². The number of carbonyl (C=O) groups excluding carboxylic acids is 2. The number of amides is 2. The number of primary amides is 1. The molecule has 8 nitrogen and oxygen atoms in total. The number of carbonyl (C=O) groups is 2. The molecular weight excluding hydrogens is 264 g/mol. The van der Waals surface area contributed by atoms with Gasteiger partial charge in [0, 0.05) is 24.9 Å². The van der Waals surface area contributed by atoms with Crippen LogP contribution in [0.2, 0.25) is 0 Å². The molecule has 0 heterocycles. The van der Waals surface area contributed by atoms with Gasteiger partial charge in [0.1, 0.15) is 5.54 Å². The van der Waals surface area contributed by atoms with Crippen molar-refractivity contribution < 1.29 is 14.5 Å². The number of nitrogens with two attached hydrogens (primary N) is 1. The number of hydrogen-bond donors (Lipinski definition) is 3. The van der Waals surface area contributed by atoms with Crippen molar-refractivity contribution in [3.8, 4) is 0 Å². The van der Waals surface area contributed by atoms with Gasteiger partial charge >= 0.3 is 0 Å². The molecule has 0 aromatic heterocycles. The van der Waals surface area contributed by atoms with E-state index in [0.717, 1.165) is 6.07 Å². The van der Waals surface area contributed by atoms with E-state index in [1.807, 2.05) is 0 Å². The van der Waals surface area contributed by atoms with Crippen LogP contribution in [0.15, 0.2) is 18.2 Å². The van der Waals surface area contributed by atoms with E-state index in [2.05, 4.69) is 10.6 Å². The number of hydrogen-bond acceptors (Lipinski definition) is 5. The lowest BCUT2D eigenvalue weighted by molar-refractivity contribution is -0.384. The molecule has 0 saturated heterocycles. The Morgan fingerprint density at radius 3 is 2.40 bits per heavy atom. The van der Waals surface area contributed by atoms with Crippen LogP contribution in [0.3, 0.4) is 0 Å². The standard InChI is InChI=1S/C12H16N4O4/c1-12(2,11(13)18)15-10(17)8-6-7(16(19)20)4-5-9(8)14-3/h4-6,14H,1-3H3,(H2,13,18)(H,15,17). The van der Waals surface area contributed by atoms with Crippen LogP contribution >= 0.6 is 0 Å². The Hall–Kier alpha value is -2.64. The first-order valence-electron chi connectivity index (χ1n) is 5.77. The van der Waals surface area contributed by atoms with E-state index in [1.54, 1.807) is 7.05 Å². The maximum absolute atomic E-state index is 12.1. The highest BCUT2D eigenvalue weighted by Crippen LogP contribution is 2.22. The zero-order chi connectivity index (χ0) is 15.5. The molecule has 4 N–H and O–H groups in total. The van der Waals surface area contributed by atoms with Gasteiger partial charge in [-0.15, -0.1) is 0 Å². The Morgan fingerprint density at radius 2 is 1.95 bits per heavy atom. The second-order valence-corrected chi connectivity index (χ2v) is 4.68. The molecule has 0 aliphatic rings. The maximum Gasteiger partial charge on any atom is 0.270 e. The molecule has 0 radical (unpaired) electrons. The normalized spacial score (nSPS) is 10.8. The molecule has 1 rings (SSSR count). The number of anilines is 1. The summed E-state index contributed by atoms with van der Waals surface area (Å²) >= 11 is 0. The van der Waals surface area contributed by atoms with E-state index in [1.165, 1.54) is 26.0 Å². The smallest absolute Gasteiger partial charge is 0.270 e. The summed E-state index contributed by atoms with van der Waals surface area (Å²) in [6, 6.07) is 3.84. The van der Waals surface area contributed by atoms with Gasteiger partial charge in [-0.3, -0.25) is 19.7 Å². The lowest BCUT2D eigenvalue weighted by atomic mass is 10.0. The average Bonchev–Trinajstić information content (AvgIpc) is 2.37. The summed E-state index contributed by atoms with van der Waals surface area (Å²) in [5.41, 5.74) is 4.17. The minimum atomic E-state index is -1.26. The van der Waals surface area contributed by atoms with Crippen LogP contribution in [0, 0.1) is 10.1 Å². The SMILES string of the molecule is CNc1ccc([N+](=O)[O-])cc1C(=O)NC(C)(C)C(N)=O. The molecule has 8 heteroatoms. The Balaban J connectivity index is 3.17. The molecule has 1 aromatic carbocycles. The summed E-state index contributed by atoms with van der Waals surface area (Å²) in [7, 11) is 1.58. The van der Waals surface area contributed by atoms with Gasteiger partial charge < -0.3 is 16.4 Å². The van der Waals surface area contributed by atoms with Gasteiger partial charge in [0.2, 0.25) is 5.91 Å². The largest absolute Gasteiger partial charge is 0.387 e. The second-order valence-electron chi connectivity index (χ2n) is 4.68. The lowest BCUT2D eigenvalue weighted by Crippen LogP contribution is -2.53. The topological polar surface area (TPSA) is 127 Å². The number of rotatable bonds is 5. The number of nitrogens with one attached hydrogen (secondary N) is 2. The first kappa shape index (κ1) is 15.4. The number of benzene rings is 1. The van der Waals surface area contributed by atoms with Crippen LogP contribution in [0.4, 0.5) is 11.4 Å². The van der Waals surface area contributed by atoms with E-state index in [9.17, 15) is 19.7 Å². The Labute approximate surface area is 115 Å². The highest BCUT2D eigenvalue weighted by Gasteiger charge is 2.28. The number of non-ortho nitro benzene ring substituents is 1. The average molecular weight is 280 g/mol. The van der Waals surface area contributed by atoms with Crippen LogP contribution < -0.4 is 16.4 Å². The summed E-state index contributed by atoms with van der Waals surface area (Å²) in [6.07, 6.45) is 0. The highest BCUT2D eigenvalue weighted by atomic mass is 16.6. The zero-order valence-corrected chi connectivity index (χ0v) is 11.4. The first-order valence-corrected chi connectivity index (χ1v) is 5.77. The lowest BCUT2D eigenvalue weighted by Gasteiger charge is -2.22. The van der Waals surface area contributed by atoms with Gasteiger partial charge in [-0.2, -0.15) is 0 Å². The fraction of sp³-hybridized carbons (Fsp3) is 0.333. The van der Waals surface area contributed by atoms with Crippen molar-refractivity contribution >= 4 is 23.2 Å². The molecule has 108 valence electrons. The number of nitro benzene ring substituents is 1. The Morgan fingerprint density at radius 1 is 1.35 bits per heavy atom. The van der Waals surface area contributed by atoms with Crippen LogP contribution in [0.1, 0.15) is 24.2 Å². The summed E-state index contributed by atoms with van der Waals surface area (Å²) in [5, 5.41) is 15.9.